The summed E-state index contributed by atoms with van der Waals surface area (Å²) in [6.07, 6.45) is 4.18. The number of carbonyl (C=O) groups excluding carboxylic acids is 1. The molecule has 0 fully saturated rings. The van der Waals surface area contributed by atoms with Gasteiger partial charge in [0.1, 0.15) is 6.54 Å². The van der Waals surface area contributed by atoms with Gasteiger partial charge in [0.25, 0.3) is 0 Å². The number of esters is 1. The normalized spacial score (nSPS) is 15.3. The number of unbranched alkanes of at least 4 members (excludes halogenated alkanes) is 2. The second kappa shape index (κ2) is 9.18. The molecule has 0 atom stereocenters. The summed E-state index contributed by atoms with van der Waals surface area (Å²) < 4.78 is 7.55. The molecule has 0 aromatic heterocycles. The third-order valence-electron chi connectivity index (χ3n) is 5.64. The fraction of sp³-hybridized carbons (Fsp3) is 0.478. The molecule has 4 heteroatoms. The molecule has 2 aromatic rings. The van der Waals surface area contributed by atoms with Crippen LogP contribution in [0.1, 0.15) is 52.5 Å². The third kappa shape index (κ3) is 4.89. The molecule has 3 rings (SSSR count). The first-order chi connectivity index (χ1) is 12.4. The van der Waals surface area contributed by atoms with Crippen molar-refractivity contribution in [2.45, 2.75) is 53.4 Å². The van der Waals surface area contributed by atoms with Crippen LogP contribution in [-0.2, 0) is 16.0 Å². The zero-order valence-electron chi connectivity index (χ0n) is 16.8. The minimum atomic E-state index is -0.187. The van der Waals surface area contributed by atoms with Gasteiger partial charge in [0.05, 0.1) is 6.61 Å². The van der Waals surface area contributed by atoms with Crippen LogP contribution in [0, 0.1) is 5.41 Å². The van der Waals surface area contributed by atoms with Gasteiger partial charge in [-0.05, 0) is 49.9 Å². The smallest absolute Gasteiger partial charge is 0.302 e. The Hall–Kier alpha value is -1.43. The highest BCUT2D eigenvalue weighted by Crippen LogP contribution is 2.39. The summed E-state index contributed by atoms with van der Waals surface area (Å²) in [5.41, 5.74) is 4.44. The molecule has 0 aliphatic carbocycles. The molecule has 1 heterocycles. The maximum Gasteiger partial charge on any atom is 0.302 e. The molecule has 0 amide bonds. The quantitative estimate of drug-likeness (QED) is 0.276. The van der Waals surface area contributed by atoms with Crippen LogP contribution in [-0.4, -0.2) is 29.4 Å². The number of benzene rings is 2. The lowest BCUT2D eigenvalue weighted by molar-refractivity contribution is -0.449. The van der Waals surface area contributed by atoms with E-state index >= 15 is 0 Å². The van der Waals surface area contributed by atoms with Crippen molar-refractivity contribution in [1.82, 2.24) is 0 Å². The van der Waals surface area contributed by atoms with Gasteiger partial charge < -0.3 is 28.7 Å². The summed E-state index contributed by atoms with van der Waals surface area (Å²) in [5, 5.41) is 2.70. The highest BCUT2D eigenvalue weighted by Gasteiger charge is 2.38. The van der Waals surface area contributed by atoms with E-state index in [0.717, 1.165) is 32.2 Å². The van der Waals surface area contributed by atoms with Crippen molar-refractivity contribution in [3.05, 3.63) is 42.0 Å². The van der Waals surface area contributed by atoms with Crippen molar-refractivity contribution in [3.63, 3.8) is 0 Å². The zero-order chi connectivity index (χ0) is 18.7. The molecular weight excluding hydrogens is 449 g/mol. The van der Waals surface area contributed by atoms with Gasteiger partial charge in [-0.1, -0.05) is 24.3 Å². The maximum absolute atomic E-state index is 10.8. The number of carbonyl (C=O) groups is 1. The highest BCUT2D eigenvalue weighted by atomic mass is 127. The van der Waals surface area contributed by atoms with E-state index in [1.165, 1.54) is 34.7 Å². The van der Waals surface area contributed by atoms with Crippen LogP contribution in [0.25, 0.3) is 10.8 Å². The third-order valence-corrected chi connectivity index (χ3v) is 5.64. The van der Waals surface area contributed by atoms with Gasteiger partial charge >= 0.3 is 5.97 Å². The second-order valence-electron chi connectivity index (χ2n) is 7.98. The summed E-state index contributed by atoms with van der Waals surface area (Å²) in [6.45, 7) is 9.99. The second-order valence-corrected chi connectivity index (χ2v) is 7.98. The van der Waals surface area contributed by atoms with Crippen LogP contribution in [0.4, 0.5) is 5.69 Å². The average molecular weight is 479 g/mol. The summed E-state index contributed by atoms with van der Waals surface area (Å²) in [4.78, 5) is 10.8. The molecule has 1 aliphatic rings. The summed E-state index contributed by atoms with van der Waals surface area (Å²) in [6, 6.07) is 13.2. The van der Waals surface area contributed by atoms with Crippen LogP contribution in [0.3, 0.4) is 0 Å². The molecule has 1 aliphatic heterocycles. The van der Waals surface area contributed by atoms with E-state index in [1.54, 1.807) is 0 Å². The Morgan fingerprint density at radius 3 is 2.59 bits per heavy atom. The minimum Gasteiger partial charge on any atom is -1.00 e. The number of ether oxygens (including phenoxy) is 1. The van der Waals surface area contributed by atoms with Crippen LogP contribution in [0.15, 0.2) is 36.4 Å². The number of hydrogen-bond donors (Lipinski definition) is 0. The van der Waals surface area contributed by atoms with Crippen LogP contribution in [0.5, 0.6) is 0 Å². The molecule has 27 heavy (non-hydrogen) atoms. The van der Waals surface area contributed by atoms with Crippen LogP contribution >= 0.6 is 0 Å². The topological polar surface area (TPSA) is 29.3 Å². The van der Waals surface area contributed by atoms with Crippen molar-refractivity contribution >= 4 is 28.1 Å². The number of hydrogen-bond acceptors (Lipinski definition) is 2. The van der Waals surface area contributed by atoms with E-state index < -0.39 is 0 Å². The Kier molecular flexibility index (Phi) is 7.43. The minimum absolute atomic E-state index is 0. The van der Waals surface area contributed by atoms with E-state index in [4.69, 9.17) is 4.74 Å². The molecule has 0 N–H and O–H groups in total. The molecule has 3 nitrogen and oxygen atoms in total. The molecule has 2 aromatic carbocycles. The number of fused-ring (bicyclic) bond motifs is 3. The largest absolute Gasteiger partial charge is 1.00 e. The van der Waals surface area contributed by atoms with Gasteiger partial charge in [-0.25, -0.2) is 0 Å². The van der Waals surface area contributed by atoms with Gasteiger partial charge in [-0.15, -0.1) is 0 Å². The Morgan fingerprint density at radius 1 is 1.11 bits per heavy atom. The first-order valence-corrected chi connectivity index (χ1v) is 9.66. The van der Waals surface area contributed by atoms with Gasteiger partial charge in [0, 0.05) is 37.3 Å². The molecule has 0 unspecified atom stereocenters. The lowest BCUT2D eigenvalue weighted by Crippen LogP contribution is -3.00. The lowest BCUT2D eigenvalue weighted by atomic mass is 9.77. The number of nitrogens with zero attached hydrogens (tertiary/aromatic N) is 1. The monoisotopic (exact) mass is 479 g/mol. The summed E-state index contributed by atoms with van der Waals surface area (Å²) in [7, 11) is 0. The van der Waals surface area contributed by atoms with Gasteiger partial charge in [-0.3, -0.25) is 4.79 Å². The summed E-state index contributed by atoms with van der Waals surface area (Å²) >= 11 is 0. The van der Waals surface area contributed by atoms with Crippen molar-refractivity contribution in [2.24, 2.45) is 5.41 Å². The SMILES string of the molecule is CC(=O)OCCCCC[N+]1=C(C)C(C)(C)Cc2c1ccc1ccccc21.[I-]. The molecule has 0 spiro atoms. The van der Waals surface area contributed by atoms with Crippen molar-refractivity contribution in [3.8, 4) is 0 Å². The molecule has 146 valence electrons. The lowest BCUT2D eigenvalue weighted by Gasteiger charge is -2.30. The molecule has 0 radical (unpaired) electrons. The van der Waals surface area contributed by atoms with E-state index in [9.17, 15) is 4.79 Å². The van der Waals surface area contributed by atoms with Crippen molar-refractivity contribution in [1.29, 1.82) is 0 Å². The molecule has 0 saturated heterocycles. The molecular formula is C23H30INO2. The predicted octanol–water partition coefficient (Wildman–Crippen LogP) is 2.26. The number of rotatable bonds is 6. The fourth-order valence-corrected chi connectivity index (χ4v) is 3.93. The predicted molar refractivity (Wildman–Crippen MR) is 107 cm³/mol. The standard InChI is InChI=1S/C23H30NO2.HI/c1-17-23(3,4)16-21-20-11-7-6-10-19(20)12-13-22(21)24(17)14-8-5-9-15-26-18(2)25;/h6-7,10-13H,5,8-9,14-16H2,1-4H3;1H/q+1;/p-1. The Morgan fingerprint density at radius 2 is 1.85 bits per heavy atom. The highest BCUT2D eigenvalue weighted by molar-refractivity contribution is 5.93. The van der Waals surface area contributed by atoms with E-state index in [-0.39, 0.29) is 35.4 Å². The Bertz CT molecular complexity index is 855. The van der Waals surface area contributed by atoms with Gasteiger partial charge in [0.2, 0.25) is 5.69 Å². The van der Waals surface area contributed by atoms with Gasteiger partial charge in [-0.2, -0.15) is 4.58 Å². The van der Waals surface area contributed by atoms with Crippen LogP contribution < -0.4 is 24.0 Å². The first-order valence-electron chi connectivity index (χ1n) is 9.66. The fourth-order valence-electron chi connectivity index (χ4n) is 3.93. The van der Waals surface area contributed by atoms with Crippen LogP contribution in [0.2, 0.25) is 0 Å². The average Bonchev–Trinajstić information content (AvgIpc) is 2.60. The first kappa shape index (κ1) is 21.9. The number of halogens is 1. The summed E-state index contributed by atoms with van der Waals surface area (Å²) in [5.74, 6) is -0.187. The van der Waals surface area contributed by atoms with Crippen molar-refractivity contribution in [2.75, 3.05) is 13.2 Å². The van der Waals surface area contributed by atoms with Gasteiger partial charge in [0.15, 0.2) is 5.71 Å². The Labute approximate surface area is 179 Å². The van der Waals surface area contributed by atoms with Crippen molar-refractivity contribution < 1.29 is 38.1 Å². The maximum atomic E-state index is 10.8. The Balaban J connectivity index is 0.00000261. The zero-order valence-corrected chi connectivity index (χ0v) is 19.0. The van der Waals surface area contributed by atoms with E-state index in [1.807, 2.05) is 0 Å². The van der Waals surface area contributed by atoms with E-state index in [0.29, 0.717) is 6.61 Å². The molecule has 0 bridgehead atoms. The van der Waals surface area contributed by atoms with E-state index in [2.05, 4.69) is 61.7 Å². The molecule has 0 saturated carbocycles.